The van der Waals surface area contributed by atoms with Crippen LogP contribution in [0.25, 0.3) is 0 Å². The minimum absolute atomic E-state index is 0.0609. The van der Waals surface area contributed by atoms with E-state index in [2.05, 4.69) is 5.32 Å². The highest BCUT2D eigenvalue weighted by atomic mass is 32.2. The summed E-state index contributed by atoms with van der Waals surface area (Å²) >= 11 is 1.19. The van der Waals surface area contributed by atoms with Gasteiger partial charge in [-0.15, -0.1) is 0 Å². The first kappa shape index (κ1) is 14.7. The van der Waals surface area contributed by atoms with Gasteiger partial charge in [-0.25, -0.2) is 9.18 Å². The molecule has 0 bridgehead atoms. The molecule has 2 amide bonds. The first-order chi connectivity index (χ1) is 10.7. The van der Waals surface area contributed by atoms with Crippen LogP contribution >= 0.6 is 12.0 Å². The number of urea groups is 1. The SMILES string of the molecule is O=C1NCCCN1c1ccc(SOc2ccc(F)cc2)cc1. The van der Waals surface area contributed by atoms with Gasteiger partial charge >= 0.3 is 6.03 Å². The highest BCUT2D eigenvalue weighted by Gasteiger charge is 2.18. The largest absolute Gasteiger partial charge is 0.421 e. The molecule has 2 aromatic carbocycles. The molecule has 0 radical (unpaired) electrons. The Hall–Kier alpha value is -2.21. The van der Waals surface area contributed by atoms with E-state index in [0.717, 1.165) is 30.1 Å². The summed E-state index contributed by atoms with van der Waals surface area (Å²) in [6.07, 6.45) is 0.940. The van der Waals surface area contributed by atoms with Crippen molar-refractivity contribution in [2.45, 2.75) is 11.3 Å². The number of carbonyl (C=O) groups is 1. The lowest BCUT2D eigenvalue weighted by Gasteiger charge is -2.27. The Bertz CT molecular complexity index is 646. The third kappa shape index (κ3) is 3.51. The van der Waals surface area contributed by atoms with Crippen LogP contribution in [0.15, 0.2) is 53.4 Å². The first-order valence-corrected chi connectivity index (χ1v) is 7.72. The van der Waals surface area contributed by atoms with Crippen molar-refractivity contribution in [3.05, 3.63) is 54.3 Å². The zero-order valence-electron chi connectivity index (χ0n) is 11.8. The number of amides is 2. The Labute approximate surface area is 132 Å². The van der Waals surface area contributed by atoms with Gasteiger partial charge in [-0.3, -0.25) is 4.90 Å². The van der Waals surface area contributed by atoms with Crippen molar-refractivity contribution in [2.24, 2.45) is 0 Å². The highest BCUT2D eigenvalue weighted by molar-refractivity contribution is 7.95. The highest BCUT2D eigenvalue weighted by Crippen LogP contribution is 2.26. The molecule has 6 heteroatoms. The number of benzene rings is 2. The number of nitrogens with one attached hydrogen (secondary N) is 1. The number of anilines is 1. The molecule has 1 N–H and O–H groups in total. The van der Waals surface area contributed by atoms with E-state index in [1.807, 2.05) is 24.3 Å². The van der Waals surface area contributed by atoms with Crippen LogP contribution in [0.4, 0.5) is 14.9 Å². The van der Waals surface area contributed by atoms with Gasteiger partial charge < -0.3 is 9.50 Å². The molecule has 2 aromatic rings. The molecule has 1 heterocycles. The second kappa shape index (κ2) is 6.70. The van der Waals surface area contributed by atoms with Crippen LogP contribution in [-0.2, 0) is 0 Å². The van der Waals surface area contributed by atoms with E-state index >= 15 is 0 Å². The third-order valence-electron chi connectivity index (χ3n) is 3.28. The van der Waals surface area contributed by atoms with Crippen LogP contribution < -0.4 is 14.4 Å². The predicted octanol–water partition coefficient (Wildman–Crippen LogP) is 3.83. The number of nitrogens with zero attached hydrogens (tertiary/aromatic N) is 1. The molecule has 4 nitrogen and oxygen atoms in total. The van der Waals surface area contributed by atoms with E-state index in [1.54, 1.807) is 17.0 Å². The molecule has 0 aliphatic carbocycles. The average molecular weight is 318 g/mol. The summed E-state index contributed by atoms with van der Waals surface area (Å²) in [6, 6.07) is 13.4. The summed E-state index contributed by atoms with van der Waals surface area (Å²) in [6.45, 7) is 1.46. The molecule has 0 saturated carbocycles. The predicted molar refractivity (Wildman–Crippen MR) is 84.7 cm³/mol. The molecule has 1 aliphatic rings. The fourth-order valence-corrected chi connectivity index (χ4v) is 2.69. The second-order valence-corrected chi connectivity index (χ2v) is 5.66. The molecular formula is C16H15FN2O2S. The van der Waals surface area contributed by atoms with Crippen molar-refractivity contribution in [3.63, 3.8) is 0 Å². The minimum atomic E-state index is -0.290. The van der Waals surface area contributed by atoms with Gasteiger partial charge in [0.05, 0.1) is 12.0 Å². The molecule has 0 unspecified atom stereocenters. The number of hydrogen-bond donors (Lipinski definition) is 1. The van der Waals surface area contributed by atoms with Gasteiger partial charge in [0, 0.05) is 23.7 Å². The molecule has 1 fully saturated rings. The Morgan fingerprint density at radius 2 is 1.82 bits per heavy atom. The Balaban J connectivity index is 1.61. The quantitative estimate of drug-likeness (QED) is 0.871. The van der Waals surface area contributed by atoms with Crippen molar-refractivity contribution in [1.82, 2.24) is 5.32 Å². The van der Waals surface area contributed by atoms with Gasteiger partial charge in [0.2, 0.25) is 0 Å². The summed E-state index contributed by atoms with van der Waals surface area (Å²) in [7, 11) is 0. The van der Waals surface area contributed by atoms with Crippen LogP contribution in [0, 0.1) is 5.82 Å². The van der Waals surface area contributed by atoms with Crippen molar-refractivity contribution < 1.29 is 13.4 Å². The van der Waals surface area contributed by atoms with Gasteiger partial charge in [0.25, 0.3) is 0 Å². The van der Waals surface area contributed by atoms with E-state index < -0.39 is 0 Å². The topological polar surface area (TPSA) is 41.6 Å². The third-order valence-corrected chi connectivity index (χ3v) is 4.02. The van der Waals surface area contributed by atoms with Gasteiger partial charge in [-0.05, 0) is 55.0 Å². The van der Waals surface area contributed by atoms with E-state index in [0.29, 0.717) is 5.75 Å². The lowest BCUT2D eigenvalue weighted by Crippen LogP contribution is -2.46. The molecule has 0 atom stereocenters. The average Bonchev–Trinajstić information content (AvgIpc) is 2.55. The Kier molecular flexibility index (Phi) is 4.48. The molecule has 114 valence electrons. The normalized spacial score (nSPS) is 14.6. The lowest BCUT2D eigenvalue weighted by atomic mass is 10.2. The standard InChI is InChI=1S/C16H15FN2O2S/c17-12-2-6-14(7-3-12)21-22-15-8-4-13(5-9-15)19-11-1-10-18-16(19)20/h2-9H,1,10-11H2,(H,18,20). The zero-order chi connectivity index (χ0) is 15.4. The Morgan fingerprint density at radius 3 is 2.50 bits per heavy atom. The summed E-state index contributed by atoms with van der Waals surface area (Å²) in [4.78, 5) is 14.4. The molecule has 0 aromatic heterocycles. The molecule has 3 rings (SSSR count). The number of halogens is 1. The van der Waals surface area contributed by atoms with E-state index in [9.17, 15) is 9.18 Å². The van der Waals surface area contributed by atoms with Gasteiger partial charge in [0.1, 0.15) is 11.6 Å². The molecule has 1 saturated heterocycles. The van der Waals surface area contributed by atoms with Crippen LogP contribution in [0.1, 0.15) is 6.42 Å². The van der Waals surface area contributed by atoms with Crippen molar-refractivity contribution in [2.75, 3.05) is 18.0 Å². The van der Waals surface area contributed by atoms with Crippen LogP contribution in [0.5, 0.6) is 5.75 Å². The van der Waals surface area contributed by atoms with E-state index in [-0.39, 0.29) is 11.8 Å². The first-order valence-electron chi connectivity index (χ1n) is 6.98. The molecule has 22 heavy (non-hydrogen) atoms. The zero-order valence-corrected chi connectivity index (χ0v) is 12.6. The summed E-state index contributed by atoms with van der Waals surface area (Å²) in [5.74, 6) is 0.299. The van der Waals surface area contributed by atoms with Crippen LogP contribution in [0.2, 0.25) is 0 Å². The second-order valence-electron chi connectivity index (χ2n) is 4.85. The summed E-state index contributed by atoms with van der Waals surface area (Å²) in [5, 5.41) is 2.82. The fraction of sp³-hybridized carbons (Fsp3) is 0.188. The number of carbonyl (C=O) groups excluding carboxylic acids is 1. The van der Waals surface area contributed by atoms with Crippen molar-refractivity contribution >= 4 is 23.8 Å². The van der Waals surface area contributed by atoms with Gasteiger partial charge in [-0.1, -0.05) is 0 Å². The van der Waals surface area contributed by atoms with Crippen LogP contribution in [0.3, 0.4) is 0 Å². The van der Waals surface area contributed by atoms with E-state index in [1.165, 1.54) is 24.2 Å². The molecule has 0 spiro atoms. The maximum atomic E-state index is 12.8. The fourth-order valence-electron chi connectivity index (χ4n) is 2.14. The maximum absolute atomic E-state index is 12.8. The smallest absolute Gasteiger partial charge is 0.321 e. The summed E-state index contributed by atoms with van der Waals surface area (Å²) < 4.78 is 18.3. The lowest BCUT2D eigenvalue weighted by molar-refractivity contribution is 0.243. The molecule has 1 aliphatic heterocycles. The Morgan fingerprint density at radius 1 is 1.09 bits per heavy atom. The van der Waals surface area contributed by atoms with Crippen LogP contribution in [-0.4, -0.2) is 19.1 Å². The van der Waals surface area contributed by atoms with Gasteiger partial charge in [0.15, 0.2) is 0 Å². The minimum Gasteiger partial charge on any atom is -0.421 e. The number of rotatable bonds is 4. The monoisotopic (exact) mass is 318 g/mol. The maximum Gasteiger partial charge on any atom is 0.321 e. The van der Waals surface area contributed by atoms with Gasteiger partial charge in [-0.2, -0.15) is 0 Å². The number of hydrogen-bond acceptors (Lipinski definition) is 3. The molecular weight excluding hydrogens is 303 g/mol. The van der Waals surface area contributed by atoms with Crippen molar-refractivity contribution in [3.8, 4) is 5.75 Å². The summed E-state index contributed by atoms with van der Waals surface area (Å²) in [5.41, 5.74) is 0.864. The van der Waals surface area contributed by atoms with Crippen molar-refractivity contribution in [1.29, 1.82) is 0 Å². The van der Waals surface area contributed by atoms with E-state index in [4.69, 9.17) is 4.18 Å².